The average molecular weight is 784 g/mol. The summed E-state index contributed by atoms with van der Waals surface area (Å²) in [6.45, 7) is 0. The van der Waals surface area contributed by atoms with E-state index in [-0.39, 0.29) is 0 Å². The molecule has 3 heteroatoms. The second-order valence-corrected chi connectivity index (χ2v) is 18.6. The van der Waals surface area contributed by atoms with Crippen molar-refractivity contribution < 1.29 is 0 Å². The van der Waals surface area contributed by atoms with Crippen LogP contribution in [0.1, 0.15) is 55.6 Å². The molecule has 0 spiro atoms. The summed E-state index contributed by atoms with van der Waals surface area (Å²) in [5.74, 6) is 5.20. The lowest BCUT2D eigenvalue weighted by molar-refractivity contribution is -0.0612. The monoisotopic (exact) mass is 783 g/mol. The lowest BCUT2D eigenvalue weighted by Crippen LogP contribution is -2.48. The van der Waals surface area contributed by atoms with Gasteiger partial charge in [0.25, 0.3) is 0 Å². The molecule has 8 aromatic carbocycles. The molecule has 1 unspecified atom stereocenters. The average Bonchev–Trinajstić information content (AvgIpc) is 3.66. The molecular formula is C58H45N3. The third-order valence-corrected chi connectivity index (χ3v) is 15.0. The molecule has 5 aliphatic carbocycles. The van der Waals surface area contributed by atoms with Crippen LogP contribution in [0.15, 0.2) is 176 Å². The van der Waals surface area contributed by atoms with Crippen molar-refractivity contribution in [1.82, 2.24) is 15.0 Å². The predicted octanol–water partition coefficient (Wildman–Crippen LogP) is 14.8. The minimum absolute atomic E-state index is 0.374. The van der Waals surface area contributed by atoms with Crippen LogP contribution < -0.4 is 0 Å². The molecule has 0 amide bonds. The summed E-state index contributed by atoms with van der Waals surface area (Å²) in [5.41, 5.74) is 14.1. The van der Waals surface area contributed by atoms with Crippen LogP contribution in [0.5, 0.6) is 0 Å². The Morgan fingerprint density at radius 2 is 0.885 bits per heavy atom. The zero-order valence-electron chi connectivity index (χ0n) is 34.1. The van der Waals surface area contributed by atoms with Gasteiger partial charge in [0.2, 0.25) is 0 Å². The Morgan fingerprint density at radius 3 is 1.66 bits per heavy atom. The van der Waals surface area contributed by atoms with Gasteiger partial charge in [-0.25, -0.2) is 15.0 Å². The molecule has 61 heavy (non-hydrogen) atoms. The molecule has 4 saturated carbocycles. The Labute approximate surface area is 357 Å². The Hall–Kier alpha value is -6.71. The fourth-order valence-electron chi connectivity index (χ4n) is 12.8. The SMILES string of the molecule is c1ccc(-c2ccc(-c3nc(-c4cccc(-c5ccc6c(c5)-c5c(ccc7ccccc57)C6C56CC7CC(CC(C7)C5)C6)c4)nc(-c4cccc5ccccc45)n3)cc2)cc1. The summed E-state index contributed by atoms with van der Waals surface area (Å²) >= 11 is 0. The molecule has 0 saturated heterocycles. The van der Waals surface area contributed by atoms with Crippen LogP contribution in [-0.2, 0) is 0 Å². The molecule has 1 heterocycles. The van der Waals surface area contributed by atoms with Gasteiger partial charge in [-0.1, -0.05) is 164 Å². The highest BCUT2D eigenvalue weighted by molar-refractivity contribution is 6.03. The molecule has 9 aromatic rings. The quantitative estimate of drug-likeness (QED) is 0.169. The van der Waals surface area contributed by atoms with Crippen molar-refractivity contribution in [2.75, 3.05) is 0 Å². The van der Waals surface area contributed by atoms with Gasteiger partial charge in [0.1, 0.15) is 0 Å². The first-order valence-electron chi connectivity index (χ1n) is 22.3. The summed E-state index contributed by atoms with van der Waals surface area (Å²) < 4.78 is 0. The highest BCUT2D eigenvalue weighted by atomic mass is 15.0. The highest BCUT2D eigenvalue weighted by Gasteiger charge is 2.56. The molecule has 4 bridgehead atoms. The smallest absolute Gasteiger partial charge is 0.164 e. The summed E-state index contributed by atoms with van der Waals surface area (Å²) in [7, 11) is 0. The third-order valence-electron chi connectivity index (χ3n) is 15.0. The molecule has 0 aliphatic heterocycles. The highest BCUT2D eigenvalue weighted by Crippen LogP contribution is 2.69. The number of hydrogen-bond donors (Lipinski definition) is 0. The lowest BCUT2D eigenvalue weighted by Gasteiger charge is -2.59. The van der Waals surface area contributed by atoms with Gasteiger partial charge in [-0.3, -0.25) is 0 Å². The molecule has 4 fully saturated rings. The summed E-state index contributed by atoms with van der Waals surface area (Å²) in [6, 6.07) is 64.1. The predicted molar refractivity (Wildman–Crippen MR) is 250 cm³/mol. The van der Waals surface area contributed by atoms with Crippen LogP contribution >= 0.6 is 0 Å². The van der Waals surface area contributed by atoms with Crippen molar-refractivity contribution in [3.8, 4) is 67.5 Å². The first-order valence-corrected chi connectivity index (χ1v) is 22.3. The molecule has 0 radical (unpaired) electrons. The Bertz CT molecular complexity index is 3140. The van der Waals surface area contributed by atoms with E-state index in [1.165, 1.54) is 77.1 Å². The topological polar surface area (TPSA) is 38.7 Å². The number of hydrogen-bond acceptors (Lipinski definition) is 3. The summed E-state index contributed by atoms with van der Waals surface area (Å²) in [4.78, 5) is 15.6. The standard InChI is InChI=1S/C58H45N3/c1-2-10-39(11-3-1)40-20-22-43(23-21-40)55-59-56(61-57(60-55)50-19-9-14-41-12-4-6-17-47(41)50)46-16-8-15-44(31-46)45-25-26-49-52(32-45)53-48-18-7-5-13-42(48)24-27-51(53)54(49)58-33-36-28-37(34-58)30-38(29-36)35-58/h1-27,31-32,36-38,54H,28-30,33-35H2. The van der Waals surface area contributed by atoms with Gasteiger partial charge in [0, 0.05) is 22.6 Å². The maximum absolute atomic E-state index is 5.25. The van der Waals surface area contributed by atoms with E-state index < -0.39 is 0 Å². The fourth-order valence-corrected chi connectivity index (χ4v) is 12.8. The van der Waals surface area contributed by atoms with Crippen LogP contribution in [0.4, 0.5) is 0 Å². The van der Waals surface area contributed by atoms with Gasteiger partial charge in [-0.15, -0.1) is 0 Å². The van der Waals surface area contributed by atoms with Gasteiger partial charge < -0.3 is 0 Å². The fraction of sp³-hybridized carbons (Fsp3) is 0.190. The first-order chi connectivity index (χ1) is 30.1. The third kappa shape index (κ3) is 5.74. The van der Waals surface area contributed by atoms with E-state index in [0.717, 1.165) is 50.8 Å². The molecule has 5 aliphatic rings. The van der Waals surface area contributed by atoms with Gasteiger partial charge >= 0.3 is 0 Å². The van der Waals surface area contributed by atoms with Crippen molar-refractivity contribution in [2.45, 2.75) is 44.4 Å². The van der Waals surface area contributed by atoms with Crippen LogP contribution in [-0.4, -0.2) is 15.0 Å². The van der Waals surface area contributed by atoms with Crippen molar-refractivity contribution in [1.29, 1.82) is 0 Å². The van der Waals surface area contributed by atoms with Crippen LogP contribution in [0.3, 0.4) is 0 Å². The Balaban J connectivity index is 0.938. The van der Waals surface area contributed by atoms with Gasteiger partial charge in [-0.2, -0.15) is 0 Å². The van der Waals surface area contributed by atoms with Crippen molar-refractivity contribution in [2.24, 2.45) is 23.2 Å². The van der Waals surface area contributed by atoms with Gasteiger partial charge in [0.05, 0.1) is 0 Å². The zero-order valence-corrected chi connectivity index (χ0v) is 34.1. The molecule has 1 atom stereocenters. The van der Waals surface area contributed by atoms with Crippen molar-refractivity contribution in [3.05, 3.63) is 187 Å². The van der Waals surface area contributed by atoms with Crippen LogP contribution in [0.2, 0.25) is 0 Å². The van der Waals surface area contributed by atoms with Crippen molar-refractivity contribution >= 4 is 21.5 Å². The number of benzene rings is 8. The normalized spacial score (nSPS) is 22.1. The molecular weight excluding hydrogens is 739 g/mol. The second kappa shape index (κ2) is 13.7. The van der Waals surface area contributed by atoms with E-state index in [1.807, 2.05) is 0 Å². The Kier molecular flexibility index (Phi) is 7.86. The largest absolute Gasteiger partial charge is 0.208 e. The molecule has 292 valence electrons. The number of rotatable bonds is 6. The molecule has 0 N–H and O–H groups in total. The Morgan fingerprint density at radius 1 is 0.361 bits per heavy atom. The number of nitrogens with zero attached hydrogens (tertiary/aromatic N) is 3. The van der Waals surface area contributed by atoms with E-state index in [0.29, 0.717) is 28.8 Å². The van der Waals surface area contributed by atoms with Gasteiger partial charge in [-0.05, 0) is 140 Å². The van der Waals surface area contributed by atoms with E-state index >= 15 is 0 Å². The zero-order chi connectivity index (χ0) is 40.1. The minimum atomic E-state index is 0.374. The number of fused-ring (bicyclic) bond motifs is 6. The maximum Gasteiger partial charge on any atom is 0.164 e. The second-order valence-electron chi connectivity index (χ2n) is 18.6. The molecule has 1 aromatic heterocycles. The molecule has 14 rings (SSSR count). The van der Waals surface area contributed by atoms with E-state index in [1.54, 1.807) is 11.1 Å². The van der Waals surface area contributed by atoms with Crippen LogP contribution in [0.25, 0.3) is 89.1 Å². The number of aromatic nitrogens is 3. The van der Waals surface area contributed by atoms with E-state index in [9.17, 15) is 0 Å². The maximum atomic E-state index is 5.25. The van der Waals surface area contributed by atoms with E-state index in [2.05, 4.69) is 176 Å². The van der Waals surface area contributed by atoms with Crippen molar-refractivity contribution in [3.63, 3.8) is 0 Å². The summed E-state index contributed by atoms with van der Waals surface area (Å²) in [5, 5.41) is 5.00. The lowest BCUT2D eigenvalue weighted by atomic mass is 9.45. The first kappa shape index (κ1) is 35.1. The van der Waals surface area contributed by atoms with Crippen LogP contribution in [0, 0.1) is 23.2 Å². The van der Waals surface area contributed by atoms with Gasteiger partial charge in [0.15, 0.2) is 17.5 Å². The minimum Gasteiger partial charge on any atom is -0.208 e. The van der Waals surface area contributed by atoms with E-state index in [4.69, 9.17) is 15.0 Å². The summed E-state index contributed by atoms with van der Waals surface area (Å²) in [6.07, 6.45) is 8.57. The molecule has 3 nitrogen and oxygen atoms in total.